The van der Waals surface area contributed by atoms with Gasteiger partial charge in [-0.25, -0.2) is 4.98 Å². The molecule has 0 bridgehead atoms. The van der Waals surface area contributed by atoms with Gasteiger partial charge in [-0.1, -0.05) is 54.2 Å². The molecule has 4 aromatic rings. The summed E-state index contributed by atoms with van der Waals surface area (Å²) in [6.07, 6.45) is 3.99. The standard InChI is InChI=1S/C25H23N3O3S2/c29-21(15-32-25-27-18-11-5-6-12-19(18)31-25)28-24-22(17-10-4-7-13-20(17)33-24)23(30)26-14-16-8-2-1-3-9-16/h1-3,5-6,8-9,11-12H,4,7,10,13-15H2,(H,26,30)(H,28,29). The molecule has 5 rings (SSSR count). The number of benzene rings is 2. The van der Waals surface area contributed by atoms with E-state index in [1.165, 1.54) is 28.0 Å². The monoisotopic (exact) mass is 477 g/mol. The van der Waals surface area contributed by atoms with Gasteiger partial charge in [0.25, 0.3) is 11.1 Å². The number of para-hydroxylation sites is 2. The average molecular weight is 478 g/mol. The number of nitrogens with zero attached hydrogens (tertiary/aromatic N) is 1. The summed E-state index contributed by atoms with van der Waals surface area (Å²) in [5, 5.41) is 7.09. The van der Waals surface area contributed by atoms with Gasteiger partial charge in [-0.15, -0.1) is 11.3 Å². The smallest absolute Gasteiger partial charge is 0.257 e. The van der Waals surface area contributed by atoms with Crippen LogP contribution in [0.15, 0.2) is 64.2 Å². The van der Waals surface area contributed by atoms with E-state index in [0.717, 1.165) is 42.3 Å². The fourth-order valence-electron chi connectivity index (χ4n) is 3.96. The zero-order chi connectivity index (χ0) is 22.6. The van der Waals surface area contributed by atoms with Crippen molar-refractivity contribution in [1.82, 2.24) is 10.3 Å². The topological polar surface area (TPSA) is 84.2 Å². The number of carbonyl (C=O) groups excluding carboxylic acids is 2. The van der Waals surface area contributed by atoms with Crippen molar-refractivity contribution in [2.45, 2.75) is 37.5 Å². The predicted octanol–water partition coefficient (Wildman–Crippen LogP) is 5.43. The number of amides is 2. The van der Waals surface area contributed by atoms with Crippen LogP contribution in [0, 0.1) is 0 Å². The SMILES string of the molecule is O=C(CSc1nc2ccccc2o1)Nc1sc2c(c1C(=O)NCc1ccccc1)CCCC2. The average Bonchev–Trinajstić information content (AvgIpc) is 3.42. The molecule has 168 valence electrons. The van der Waals surface area contributed by atoms with E-state index in [-0.39, 0.29) is 17.6 Å². The van der Waals surface area contributed by atoms with E-state index >= 15 is 0 Å². The van der Waals surface area contributed by atoms with Gasteiger partial charge in [0.1, 0.15) is 10.5 Å². The lowest BCUT2D eigenvalue weighted by molar-refractivity contribution is -0.113. The Morgan fingerprint density at radius 2 is 1.82 bits per heavy atom. The summed E-state index contributed by atoms with van der Waals surface area (Å²) in [5.74, 6) is -0.168. The van der Waals surface area contributed by atoms with E-state index in [1.54, 1.807) is 0 Å². The van der Waals surface area contributed by atoms with E-state index in [2.05, 4.69) is 15.6 Å². The normalized spacial score (nSPS) is 13.0. The number of thiophene rings is 1. The van der Waals surface area contributed by atoms with Crippen molar-refractivity contribution in [1.29, 1.82) is 0 Å². The minimum atomic E-state index is -0.182. The van der Waals surface area contributed by atoms with Crippen molar-refractivity contribution in [3.63, 3.8) is 0 Å². The molecular weight excluding hydrogens is 454 g/mol. The van der Waals surface area contributed by atoms with E-state index < -0.39 is 0 Å². The predicted molar refractivity (Wildman–Crippen MR) is 132 cm³/mol. The minimum Gasteiger partial charge on any atom is -0.431 e. The molecule has 6 nitrogen and oxygen atoms in total. The molecule has 0 spiro atoms. The quantitative estimate of drug-likeness (QED) is 0.347. The molecule has 33 heavy (non-hydrogen) atoms. The van der Waals surface area contributed by atoms with Crippen LogP contribution in [-0.2, 0) is 24.2 Å². The molecule has 1 aliphatic carbocycles. The molecule has 2 heterocycles. The maximum atomic E-state index is 13.1. The second-order valence-corrected chi connectivity index (χ2v) is 9.90. The van der Waals surface area contributed by atoms with Crippen LogP contribution in [0.4, 0.5) is 5.00 Å². The lowest BCUT2D eigenvalue weighted by Crippen LogP contribution is -2.25. The number of nitrogens with one attached hydrogen (secondary N) is 2. The number of aryl methyl sites for hydroxylation is 1. The molecule has 2 aromatic carbocycles. The number of oxazole rings is 1. The van der Waals surface area contributed by atoms with Crippen LogP contribution in [0.5, 0.6) is 0 Å². The van der Waals surface area contributed by atoms with Crippen LogP contribution in [0.1, 0.15) is 39.2 Å². The summed E-state index contributed by atoms with van der Waals surface area (Å²) in [4.78, 5) is 31.5. The van der Waals surface area contributed by atoms with Gasteiger partial charge in [0.05, 0.1) is 11.3 Å². The summed E-state index contributed by atoms with van der Waals surface area (Å²) in [7, 11) is 0. The Morgan fingerprint density at radius 3 is 2.67 bits per heavy atom. The van der Waals surface area contributed by atoms with Gasteiger partial charge in [0.15, 0.2) is 5.58 Å². The van der Waals surface area contributed by atoms with Gasteiger partial charge in [-0.3, -0.25) is 9.59 Å². The number of rotatable bonds is 7. The highest BCUT2D eigenvalue weighted by atomic mass is 32.2. The van der Waals surface area contributed by atoms with Crippen molar-refractivity contribution in [3.05, 3.63) is 76.2 Å². The maximum absolute atomic E-state index is 13.1. The summed E-state index contributed by atoms with van der Waals surface area (Å²) in [6, 6.07) is 17.3. The number of carbonyl (C=O) groups is 2. The molecule has 2 amide bonds. The van der Waals surface area contributed by atoms with Crippen molar-refractivity contribution >= 4 is 51.0 Å². The summed E-state index contributed by atoms with van der Waals surface area (Å²) < 4.78 is 5.68. The third-order valence-electron chi connectivity index (χ3n) is 5.55. The maximum Gasteiger partial charge on any atom is 0.257 e. The molecule has 0 saturated carbocycles. The Balaban J connectivity index is 1.29. The van der Waals surface area contributed by atoms with Gasteiger partial charge < -0.3 is 15.1 Å². The molecule has 1 aliphatic rings. The fourth-order valence-corrected chi connectivity index (χ4v) is 5.90. The second kappa shape index (κ2) is 9.80. The van der Waals surface area contributed by atoms with Crippen LogP contribution in [0.3, 0.4) is 0 Å². The summed E-state index contributed by atoms with van der Waals surface area (Å²) in [6.45, 7) is 0.450. The van der Waals surface area contributed by atoms with E-state index in [1.807, 2.05) is 54.6 Å². The first-order valence-electron chi connectivity index (χ1n) is 10.9. The highest BCUT2D eigenvalue weighted by molar-refractivity contribution is 7.99. The van der Waals surface area contributed by atoms with Gasteiger partial charge in [-0.05, 0) is 48.9 Å². The van der Waals surface area contributed by atoms with Crippen molar-refractivity contribution in [2.24, 2.45) is 0 Å². The Kier molecular flexibility index (Phi) is 6.46. The number of fused-ring (bicyclic) bond motifs is 2. The Hall–Kier alpha value is -3.10. The number of aromatic nitrogens is 1. The van der Waals surface area contributed by atoms with Crippen LogP contribution >= 0.6 is 23.1 Å². The summed E-state index contributed by atoms with van der Waals surface area (Å²) >= 11 is 2.77. The summed E-state index contributed by atoms with van der Waals surface area (Å²) in [5.41, 5.74) is 4.20. The first-order chi connectivity index (χ1) is 16.2. The third kappa shape index (κ3) is 4.96. The molecule has 0 saturated heterocycles. The number of hydrogen-bond donors (Lipinski definition) is 2. The Morgan fingerprint density at radius 1 is 1.03 bits per heavy atom. The largest absolute Gasteiger partial charge is 0.431 e. The molecule has 0 radical (unpaired) electrons. The minimum absolute atomic E-state index is 0.139. The molecule has 0 atom stereocenters. The zero-order valence-corrected chi connectivity index (χ0v) is 19.6. The second-order valence-electron chi connectivity index (χ2n) is 7.87. The number of anilines is 1. The fraction of sp³-hybridized carbons (Fsp3) is 0.240. The Bertz CT molecular complexity index is 1260. The molecule has 8 heteroatoms. The van der Waals surface area contributed by atoms with E-state index in [9.17, 15) is 9.59 Å². The zero-order valence-electron chi connectivity index (χ0n) is 17.9. The van der Waals surface area contributed by atoms with Crippen LogP contribution in [-0.4, -0.2) is 22.6 Å². The third-order valence-corrected chi connectivity index (χ3v) is 7.58. The number of hydrogen-bond acceptors (Lipinski definition) is 6. The van der Waals surface area contributed by atoms with Gasteiger partial charge in [0, 0.05) is 11.4 Å². The molecule has 2 aromatic heterocycles. The van der Waals surface area contributed by atoms with Crippen LogP contribution < -0.4 is 10.6 Å². The highest BCUT2D eigenvalue weighted by Crippen LogP contribution is 2.38. The van der Waals surface area contributed by atoms with E-state index in [4.69, 9.17) is 4.42 Å². The lowest BCUT2D eigenvalue weighted by atomic mass is 9.95. The first-order valence-corrected chi connectivity index (χ1v) is 12.7. The van der Waals surface area contributed by atoms with Crippen molar-refractivity contribution in [2.75, 3.05) is 11.1 Å². The van der Waals surface area contributed by atoms with E-state index in [0.29, 0.717) is 27.9 Å². The van der Waals surface area contributed by atoms with Crippen LogP contribution in [0.2, 0.25) is 0 Å². The molecule has 2 N–H and O–H groups in total. The van der Waals surface area contributed by atoms with Gasteiger partial charge >= 0.3 is 0 Å². The van der Waals surface area contributed by atoms with Gasteiger partial charge in [0.2, 0.25) is 5.91 Å². The van der Waals surface area contributed by atoms with Crippen molar-refractivity contribution < 1.29 is 14.0 Å². The molecule has 0 fully saturated rings. The van der Waals surface area contributed by atoms with Crippen LogP contribution in [0.25, 0.3) is 11.1 Å². The first kappa shape index (κ1) is 21.7. The van der Waals surface area contributed by atoms with Gasteiger partial charge in [-0.2, -0.15) is 0 Å². The molecular formula is C25H23N3O3S2. The molecule has 0 aliphatic heterocycles. The lowest BCUT2D eigenvalue weighted by Gasteiger charge is -2.13. The highest BCUT2D eigenvalue weighted by Gasteiger charge is 2.26. The molecule has 0 unspecified atom stereocenters. The number of thioether (sulfide) groups is 1. The van der Waals surface area contributed by atoms with Crippen molar-refractivity contribution in [3.8, 4) is 0 Å². The Labute approximate surface area is 199 Å².